The molecule has 0 unspecified atom stereocenters. The zero-order valence-corrected chi connectivity index (χ0v) is 16.2. The highest BCUT2D eigenvalue weighted by Crippen LogP contribution is 2.36. The van der Waals surface area contributed by atoms with Crippen LogP contribution in [0.3, 0.4) is 0 Å². The molecule has 1 fully saturated rings. The molecule has 0 atom stereocenters. The summed E-state index contributed by atoms with van der Waals surface area (Å²) < 4.78 is 1.63. The fourth-order valence-corrected chi connectivity index (χ4v) is 3.67. The van der Waals surface area contributed by atoms with E-state index in [0.29, 0.717) is 22.8 Å². The standard InChI is InChI=1S/C19H24N4O3S/c1-2-3-4-5-17(25)20-14-8-6-13(7-9-14)16(24)12-27-19-22-21-18(26)23(19)15-10-11-15/h6-9,15H,2-5,10-12H2,1H3,(H,20,25)(H,21,26). The van der Waals surface area contributed by atoms with E-state index in [1.165, 1.54) is 11.8 Å². The molecule has 1 heterocycles. The lowest BCUT2D eigenvalue weighted by molar-refractivity contribution is -0.116. The minimum absolute atomic E-state index is 0.00494. The number of nitrogens with one attached hydrogen (secondary N) is 2. The Hall–Kier alpha value is -2.35. The van der Waals surface area contributed by atoms with Crippen LogP contribution in [-0.4, -0.2) is 32.2 Å². The molecular weight excluding hydrogens is 364 g/mol. The van der Waals surface area contributed by atoms with Gasteiger partial charge in [-0.15, -0.1) is 5.10 Å². The molecule has 1 aromatic carbocycles. The minimum Gasteiger partial charge on any atom is -0.326 e. The van der Waals surface area contributed by atoms with Crippen molar-refractivity contribution in [2.75, 3.05) is 11.1 Å². The Morgan fingerprint density at radius 3 is 2.67 bits per heavy atom. The first kappa shape index (κ1) is 19.4. The molecule has 0 spiro atoms. The summed E-state index contributed by atoms with van der Waals surface area (Å²) in [5.74, 6) is 0.160. The maximum absolute atomic E-state index is 12.4. The lowest BCUT2D eigenvalue weighted by Crippen LogP contribution is -2.16. The van der Waals surface area contributed by atoms with Crippen molar-refractivity contribution in [1.82, 2.24) is 14.8 Å². The zero-order chi connectivity index (χ0) is 19.2. The summed E-state index contributed by atoms with van der Waals surface area (Å²) in [6.07, 6.45) is 5.48. The number of benzene rings is 1. The largest absolute Gasteiger partial charge is 0.344 e. The minimum atomic E-state index is -0.216. The van der Waals surface area contributed by atoms with Crippen LogP contribution in [0.25, 0.3) is 0 Å². The zero-order valence-electron chi connectivity index (χ0n) is 15.4. The molecule has 0 saturated heterocycles. The van der Waals surface area contributed by atoms with Gasteiger partial charge in [0.05, 0.1) is 5.75 Å². The van der Waals surface area contributed by atoms with E-state index in [-0.39, 0.29) is 29.2 Å². The summed E-state index contributed by atoms with van der Waals surface area (Å²) in [4.78, 5) is 36.0. The molecule has 1 amide bonds. The fourth-order valence-electron chi connectivity index (χ4n) is 2.76. The number of hydrogen-bond donors (Lipinski definition) is 2. The number of anilines is 1. The van der Waals surface area contributed by atoms with E-state index < -0.39 is 0 Å². The number of nitrogens with zero attached hydrogens (tertiary/aromatic N) is 2. The van der Waals surface area contributed by atoms with Gasteiger partial charge in [-0.05, 0) is 43.5 Å². The molecule has 1 aromatic heterocycles. The van der Waals surface area contributed by atoms with Crippen molar-refractivity contribution in [2.24, 2.45) is 0 Å². The second kappa shape index (κ2) is 9.03. The molecule has 2 aromatic rings. The summed E-state index contributed by atoms with van der Waals surface area (Å²) in [5, 5.41) is 9.87. The van der Waals surface area contributed by atoms with Gasteiger partial charge in [0.2, 0.25) is 5.91 Å². The lowest BCUT2D eigenvalue weighted by Gasteiger charge is -2.06. The van der Waals surface area contributed by atoms with Crippen molar-refractivity contribution in [1.29, 1.82) is 0 Å². The number of Topliss-reactive ketones (excluding diaryl/α,β-unsaturated/α-hetero) is 1. The van der Waals surface area contributed by atoms with Gasteiger partial charge in [0.1, 0.15) is 0 Å². The first-order valence-electron chi connectivity index (χ1n) is 9.31. The van der Waals surface area contributed by atoms with Gasteiger partial charge < -0.3 is 5.32 Å². The Morgan fingerprint density at radius 1 is 1.26 bits per heavy atom. The van der Waals surface area contributed by atoms with Crippen LogP contribution in [0, 0.1) is 0 Å². The topological polar surface area (TPSA) is 96.8 Å². The third-order valence-electron chi connectivity index (χ3n) is 4.41. The highest BCUT2D eigenvalue weighted by atomic mass is 32.2. The smallest absolute Gasteiger partial charge is 0.326 e. The predicted octanol–water partition coefficient (Wildman–Crippen LogP) is 3.40. The molecule has 0 bridgehead atoms. The molecule has 1 aliphatic rings. The van der Waals surface area contributed by atoms with Crippen molar-refractivity contribution < 1.29 is 9.59 Å². The molecule has 8 heteroatoms. The predicted molar refractivity (Wildman–Crippen MR) is 105 cm³/mol. The lowest BCUT2D eigenvalue weighted by atomic mass is 10.1. The van der Waals surface area contributed by atoms with Crippen LogP contribution in [0.1, 0.15) is 61.8 Å². The molecule has 1 aliphatic carbocycles. The normalized spacial score (nSPS) is 13.5. The van der Waals surface area contributed by atoms with Crippen molar-refractivity contribution in [3.8, 4) is 0 Å². The second-order valence-corrected chi connectivity index (χ2v) is 7.65. The summed E-state index contributed by atoms with van der Waals surface area (Å²) in [6.45, 7) is 2.10. The number of thioether (sulfide) groups is 1. The summed E-state index contributed by atoms with van der Waals surface area (Å²) >= 11 is 1.27. The van der Waals surface area contributed by atoms with Gasteiger partial charge in [0, 0.05) is 23.7 Å². The molecule has 0 radical (unpaired) electrons. The van der Waals surface area contributed by atoms with Gasteiger partial charge in [-0.2, -0.15) is 0 Å². The number of rotatable bonds is 10. The van der Waals surface area contributed by atoms with Gasteiger partial charge in [0.25, 0.3) is 0 Å². The number of amides is 1. The van der Waals surface area contributed by atoms with E-state index in [4.69, 9.17) is 0 Å². The molecule has 7 nitrogen and oxygen atoms in total. The van der Waals surface area contributed by atoms with Gasteiger partial charge in [0.15, 0.2) is 10.9 Å². The van der Waals surface area contributed by atoms with Crippen molar-refractivity contribution >= 4 is 29.1 Å². The Balaban J connectivity index is 1.52. The highest BCUT2D eigenvalue weighted by molar-refractivity contribution is 7.99. The maximum Gasteiger partial charge on any atom is 0.344 e. The van der Waals surface area contributed by atoms with E-state index >= 15 is 0 Å². The van der Waals surface area contributed by atoms with Gasteiger partial charge in [-0.25, -0.2) is 9.89 Å². The fraction of sp³-hybridized carbons (Fsp3) is 0.474. The van der Waals surface area contributed by atoms with E-state index in [9.17, 15) is 14.4 Å². The third-order valence-corrected chi connectivity index (χ3v) is 5.37. The van der Waals surface area contributed by atoms with Gasteiger partial charge >= 0.3 is 5.69 Å². The van der Waals surface area contributed by atoms with Crippen LogP contribution in [0.4, 0.5) is 5.69 Å². The Labute approximate surface area is 161 Å². The number of aromatic nitrogens is 3. The van der Waals surface area contributed by atoms with Crippen molar-refractivity contribution in [2.45, 2.75) is 56.6 Å². The SMILES string of the molecule is CCCCCC(=O)Nc1ccc(C(=O)CSc2n[nH]c(=O)n2C2CC2)cc1. The summed E-state index contributed by atoms with van der Waals surface area (Å²) in [5.41, 5.74) is 1.05. The van der Waals surface area contributed by atoms with Crippen LogP contribution >= 0.6 is 11.8 Å². The van der Waals surface area contributed by atoms with Crippen LogP contribution in [0.2, 0.25) is 0 Å². The van der Waals surface area contributed by atoms with Crippen LogP contribution in [0.5, 0.6) is 0 Å². The molecule has 3 rings (SSSR count). The molecular formula is C19H24N4O3S. The average Bonchev–Trinajstić information content (AvgIpc) is 3.43. The van der Waals surface area contributed by atoms with E-state index in [1.807, 2.05) is 0 Å². The number of H-pyrrole nitrogens is 1. The Kier molecular flexibility index (Phi) is 6.49. The molecule has 1 saturated carbocycles. The number of ketones is 1. The van der Waals surface area contributed by atoms with Crippen molar-refractivity contribution in [3.63, 3.8) is 0 Å². The molecule has 144 valence electrons. The first-order valence-corrected chi connectivity index (χ1v) is 10.3. The summed E-state index contributed by atoms with van der Waals surface area (Å²) in [7, 11) is 0. The molecule has 2 N–H and O–H groups in total. The second-order valence-electron chi connectivity index (χ2n) is 6.71. The number of unbranched alkanes of at least 4 members (excludes halogenated alkanes) is 2. The third kappa shape index (κ3) is 5.32. The monoisotopic (exact) mass is 388 g/mol. The number of carbonyl (C=O) groups excluding carboxylic acids is 2. The van der Waals surface area contributed by atoms with Crippen LogP contribution in [0.15, 0.2) is 34.2 Å². The average molecular weight is 388 g/mol. The Bertz CT molecular complexity index is 853. The van der Waals surface area contributed by atoms with E-state index in [1.54, 1.807) is 28.8 Å². The van der Waals surface area contributed by atoms with Crippen molar-refractivity contribution in [3.05, 3.63) is 40.3 Å². The highest BCUT2D eigenvalue weighted by Gasteiger charge is 2.28. The van der Waals surface area contributed by atoms with Crippen LogP contribution in [-0.2, 0) is 4.79 Å². The Morgan fingerprint density at radius 2 is 2.00 bits per heavy atom. The number of carbonyl (C=O) groups is 2. The van der Waals surface area contributed by atoms with E-state index in [2.05, 4.69) is 22.4 Å². The first-order chi connectivity index (χ1) is 13.1. The van der Waals surface area contributed by atoms with Gasteiger partial charge in [-0.3, -0.25) is 14.2 Å². The van der Waals surface area contributed by atoms with Gasteiger partial charge in [-0.1, -0.05) is 31.5 Å². The summed E-state index contributed by atoms with van der Waals surface area (Å²) in [6, 6.07) is 7.12. The van der Waals surface area contributed by atoms with Crippen LogP contribution < -0.4 is 11.0 Å². The molecule has 27 heavy (non-hydrogen) atoms. The van der Waals surface area contributed by atoms with E-state index in [0.717, 1.165) is 32.1 Å². The number of aromatic amines is 1. The quantitative estimate of drug-likeness (QED) is 0.369. The maximum atomic E-state index is 12.4. The molecule has 0 aliphatic heterocycles. The number of hydrogen-bond acceptors (Lipinski definition) is 5.